The number of hydrogen-bond donors (Lipinski definition) is 1. The molecule has 3 aromatic rings. The molecule has 0 aromatic carbocycles. The van der Waals surface area contributed by atoms with E-state index in [0.717, 1.165) is 6.20 Å². The van der Waals surface area contributed by atoms with Crippen LogP contribution in [0.3, 0.4) is 0 Å². The first-order chi connectivity index (χ1) is 15.3. The summed E-state index contributed by atoms with van der Waals surface area (Å²) in [5, 5.41) is 2.68. The van der Waals surface area contributed by atoms with Gasteiger partial charge in [-0.2, -0.15) is 0 Å². The first-order valence-corrected chi connectivity index (χ1v) is 10.2. The van der Waals surface area contributed by atoms with Crippen molar-refractivity contribution in [2.24, 2.45) is 0 Å². The van der Waals surface area contributed by atoms with E-state index in [1.165, 1.54) is 0 Å². The number of ether oxygens (including phenoxy) is 1. The Balaban J connectivity index is 1.45. The summed E-state index contributed by atoms with van der Waals surface area (Å²) in [4.78, 5) is 31.2. The van der Waals surface area contributed by atoms with Crippen molar-refractivity contribution in [2.75, 3.05) is 23.3 Å². The normalized spacial score (nSPS) is 19.3. The zero-order valence-corrected chi connectivity index (χ0v) is 17.5. The van der Waals surface area contributed by atoms with Gasteiger partial charge in [-0.15, -0.1) is 0 Å². The molecule has 3 aromatic heterocycles. The van der Waals surface area contributed by atoms with Crippen LogP contribution in [0.5, 0.6) is 5.75 Å². The lowest BCUT2D eigenvalue weighted by atomic mass is 10.1. The molecule has 1 saturated heterocycles. The van der Waals surface area contributed by atoms with E-state index >= 15 is 0 Å². The van der Waals surface area contributed by atoms with E-state index in [4.69, 9.17) is 4.74 Å². The predicted octanol–water partition coefficient (Wildman–Crippen LogP) is 3.40. The fraction of sp³-hybridized carbons (Fsp3) is 0.318. The van der Waals surface area contributed by atoms with Gasteiger partial charge < -0.3 is 15.0 Å². The quantitative estimate of drug-likeness (QED) is 0.670. The summed E-state index contributed by atoms with van der Waals surface area (Å²) in [5.74, 6) is 0.541. The van der Waals surface area contributed by atoms with E-state index in [9.17, 15) is 13.6 Å². The van der Waals surface area contributed by atoms with Crippen LogP contribution in [0.1, 0.15) is 20.3 Å². The third kappa shape index (κ3) is 3.61. The zero-order valence-electron chi connectivity index (χ0n) is 17.5. The molecule has 1 amide bonds. The van der Waals surface area contributed by atoms with E-state index < -0.39 is 17.6 Å². The van der Waals surface area contributed by atoms with Crippen LogP contribution in [0.4, 0.5) is 20.4 Å². The minimum absolute atomic E-state index is 0.0132. The number of nitrogens with one attached hydrogen (secondary N) is 1. The molecule has 0 aliphatic carbocycles. The Morgan fingerprint density at radius 2 is 2.00 bits per heavy atom. The fourth-order valence-corrected chi connectivity index (χ4v) is 3.65. The second-order valence-corrected chi connectivity index (χ2v) is 8.24. The van der Waals surface area contributed by atoms with Gasteiger partial charge in [0.05, 0.1) is 18.4 Å². The smallest absolute Gasteiger partial charge is 0.269 e. The van der Waals surface area contributed by atoms with Gasteiger partial charge in [-0.3, -0.25) is 4.79 Å². The van der Waals surface area contributed by atoms with Crippen LogP contribution in [0.2, 0.25) is 0 Å². The Bertz CT molecular complexity index is 1200. The van der Waals surface area contributed by atoms with E-state index in [1.807, 2.05) is 4.90 Å². The zero-order chi connectivity index (χ0) is 22.5. The molecular formula is C22H20F2N6O2. The van der Waals surface area contributed by atoms with Gasteiger partial charge in [0, 0.05) is 18.3 Å². The molecule has 0 saturated carbocycles. The van der Waals surface area contributed by atoms with Gasteiger partial charge in [0.2, 0.25) is 0 Å². The molecule has 2 aliphatic heterocycles. The number of anilines is 2. The summed E-state index contributed by atoms with van der Waals surface area (Å²) in [6.07, 6.45) is 2.29. The number of nitrogens with zero attached hydrogens (tertiary/aromatic N) is 5. The van der Waals surface area contributed by atoms with Crippen LogP contribution in [0.25, 0.3) is 22.8 Å². The monoisotopic (exact) mass is 438 g/mol. The average molecular weight is 438 g/mol. The molecule has 1 fully saturated rings. The number of halogens is 2. The molecular weight excluding hydrogens is 418 g/mol. The maximum absolute atomic E-state index is 14.6. The maximum Gasteiger partial charge on any atom is 0.269 e. The highest BCUT2D eigenvalue weighted by Gasteiger charge is 2.36. The van der Waals surface area contributed by atoms with Gasteiger partial charge >= 0.3 is 0 Å². The van der Waals surface area contributed by atoms with Crippen LogP contribution in [-0.2, 0) is 4.79 Å². The lowest BCUT2D eigenvalue weighted by molar-refractivity contribution is -0.129. The molecule has 5 rings (SSSR count). The Morgan fingerprint density at radius 1 is 1.16 bits per heavy atom. The summed E-state index contributed by atoms with van der Waals surface area (Å²) in [6.45, 7) is 4.24. The first kappa shape index (κ1) is 20.2. The van der Waals surface area contributed by atoms with Crippen LogP contribution in [0.15, 0.2) is 36.7 Å². The second-order valence-electron chi connectivity index (χ2n) is 8.24. The largest absolute Gasteiger partial charge is 0.474 e. The Kier molecular flexibility index (Phi) is 4.72. The summed E-state index contributed by atoms with van der Waals surface area (Å²) in [5.41, 5.74) is -0.227. The first-order valence-electron chi connectivity index (χ1n) is 10.2. The number of carbonyl (C=O) groups excluding carboxylic acids is 1. The van der Waals surface area contributed by atoms with Gasteiger partial charge in [0.1, 0.15) is 17.7 Å². The van der Waals surface area contributed by atoms with Crippen molar-refractivity contribution >= 4 is 17.5 Å². The van der Waals surface area contributed by atoms with Crippen molar-refractivity contribution in [3.63, 3.8) is 0 Å². The number of hydrogen-bond acceptors (Lipinski definition) is 7. The number of carbonyl (C=O) groups is 1. The van der Waals surface area contributed by atoms with Gasteiger partial charge in [0.15, 0.2) is 28.8 Å². The third-order valence-electron chi connectivity index (χ3n) is 5.45. The molecule has 5 heterocycles. The molecule has 8 nitrogen and oxygen atoms in total. The predicted molar refractivity (Wildman–Crippen MR) is 114 cm³/mol. The molecule has 1 N–H and O–H groups in total. The standard InChI is InChI=1S/C22H20F2N6O2/c1-22(2)21(31)29-20-16(32-22)5-4-15(27-20)18-14(24)10-26-19(28-18)12-3-6-17(25-9-12)30-8-7-13(23)11-30/h3-6,9-10,13H,7-8,11H2,1-2H3,(H,27,29,31). The highest BCUT2D eigenvalue weighted by atomic mass is 19.1. The van der Waals surface area contributed by atoms with Crippen molar-refractivity contribution in [3.05, 3.63) is 42.5 Å². The van der Waals surface area contributed by atoms with Gasteiger partial charge in [0.25, 0.3) is 5.91 Å². The number of aromatic nitrogens is 4. The number of pyridine rings is 2. The Labute approximate surface area is 182 Å². The molecule has 0 spiro atoms. The average Bonchev–Trinajstić information content (AvgIpc) is 3.21. The molecule has 2 aliphatic rings. The van der Waals surface area contributed by atoms with E-state index in [-0.39, 0.29) is 28.9 Å². The third-order valence-corrected chi connectivity index (χ3v) is 5.45. The Morgan fingerprint density at radius 3 is 2.72 bits per heavy atom. The van der Waals surface area contributed by atoms with E-state index in [0.29, 0.717) is 36.6 Å². The highest BCUT2D eigenvalue weighted by molar-refractivity contribution is 5.99. The summed E-state index contributed by atoms with van der Waals surface area (Å²) >= 11 is 0. The molecule has 0 radical (unpaired) electrons. The van der Waals surface area contributed by atoms with Crippen LogP contribution in [0, 0.1) is 5.82 Å². The van der Waals surface area contributed by atoms with E-state index in [2.05, 4.69) is 25.3 Å². The molecule has 164 valence electrons. The van der Waals surface area contributed by atoms with Crippen LogP contribution in [-0.4, -0.2) is 50.7 Å². The van der Waals surface area contributed by atoms with Crippen molar-refractivity contribution < 1.29 is 18.3 Å². The van der Waals surface area contributed by atoms with Crippen molar-refractivity contribution in [1.29, 1.82) is 0 Å². The number of amides is 1. The minimum Gasteiger partial charge on any atom is -0.474 e. The topological polar surface area (TPSA) is 93.1 Å². The molecule has 10 heteroatoms. The van der Waals surface area contributed by atoms with Crippen LogP contribution >= 0.6 is 0 Å². The van der Waals surface area contributed by atoms with E-state index in [1.54, 1.807) is 44.3 Å². The fourth-order valence-electron chi connectivity index (χ4n) is 3.65. The van der Waals surface area contributed by atoms with Crippen molar-refractivity contribution in [3.8, 4) is 28.5 Å². The van der Waals surface area contributed by atoms with Gasteiger partial charge in [-0.25, -0.2) is 28.7 Å². The molecule has 0 bridgehead atoms. The number of alkyl halides is 1. The maximum atomic E-state index is 14.6. The molecule has 1 unspecified atom stereocenters. The van der Waals surface area contributed by atoms with Crippen molar-refractivity contribution in [2.45, 2.75) is 32.0 Å². The summed E-state index contributed by atoms with van der Waals surface area (Å²) in [7, 11) is 0. The summed E-state index contributed by atoms with van der Waals surface area (Å²) < 4.78 is 33.7. The summed E-state index contributed by atoms with van der Waals surface area (Å²) in [6, 6.07) is 6.72. The van der Waals surface area contributed by atoms with Crippen LogP contribution < -0.4 is 15.0 Å². The van der Waals surface area contributed by atoms with Crippen molar-refractivity contribution in [1.82, 2.24) is 19.9 Å². The highest BCUT2D eigenvalue weighted by Crippen LogP contribution is 2.34. The number of rotatable bonds is 3. The molecule has 1 atom stereocenters. The second kappa shape index (κ2) is 7.47. The Hall–Kier alpha value is -3.69. The lowest BCUT2D eigenvalue weighted by Gasteiger charge is -2.30. The molecule has 32 heavy (non-hydrogen) atoms. The van der Waals surface area contributed by atoms with Gasteiger partial charge in [-0.1, -0.05) is 0 Å². The minimum atomic E-state index is -1.02. The number of fused-ring (bicyclic) bond motifs is 1. The van der Waals surface area contributed by atoms with Gasteiger partial charge in [-0.05, 0) is 44.5 Å². The SMILES string of the molecule is CC1(C)Oc2ccc(-c3nc(-c4ccc(N5CCC(F)C5)nc4)ncc3F)nc2NC1=O. The lowest BCUT2D eigenvalue weighted by Crippen LogP contribution is -2.46.